The Morgan fingerprint density at radius 3 is 2.76 bits per heavy atom. The average Bonchev–Trinajstić information content (AvgIpc) is 2.89. The molecular weight excluding hydrogens is 216 g/mol. The minimum Gasteiger partial charge on any atom is -0.394 e. The van der Waals surface area contributed by atoms with Crippen molar-refractivity contribution in [3.05, 3.63) is 0 Å². The molecule has 4 heteroatoms. The van der Waals surface area contributed by atoms with Crippen LogP contribution in [0.25, 0.3) is 0 Å². The van der Waals surface area contributed by atoms with Gasteiger partial charge in [-0.05, 0) is 46.3 Å². The van der Waals surface area contributed by atoms with Crippen LogP contribution in [0.15, 0.2) is 0 Å². The van der Waals surface area contributed by atoms with Crippen LogP contribution in [-0.4, -0.2) is 62.0 Å². The van der Waals surface area contributed by atoms with E-state index in [1.807, 2.05) is 7.05 Å². The van der Waals surface area contributed by atoms with Crippen LogP contribution in [-0.2, 0) is 4.74 Å². The molecule has 17 heavy (non-hydrogen) atoms. The maximum Gasteiger partial charge on any atom is 0.0622 e. The molecule has 0 aromatic heterocycles. The van der Waals surface area contributed by atoms with Crippen molar-refractivity contribution in [1.82, 2.24) is 10.2 Å². The Labute approximate surface area is 105 Å². The van der Waals surface area contributed by atoms with Gasteiger partial charge in [-0.1, -0.05) is 6.92 Å². The lowest BCUT2D eigenvalue weighted by molar-refractivity contribution is 0.136. The predicted molar refractivity (Wildman–Crippen MR) is 70.3 cm³/mol. The Morgan fingerprint density at radius 1 is 1.53 bits per heavy atom. The summed E-state index contributed by atoms with van der Waals surface area (Å²) in [6, 6.07) is 0.592. The van der Waals surface area contributed by atoms with Crippen LogP contribution in [0.1, 0.15) is 32.6 Å². The number of aliphatic hydroxyl groups is 1. The van der Waals surface area contributed by atoms with Crippen molar-refractivity contribution < 1.29 is 9.84 Å². The van der Waals surface area contributed by atoms with Crippen LogP contribution in [0.3, 0.4) is 0 Å². The Kier molecular flexibility index (Phi) is 6.41. The summed E-state index contributed by atoms with van der Waals surface area (Å²) in [7, 11) is 4.11. The number of hydrogen-bond donors (Lipinski definition) is 2. The molecule has 1 heterocycles. The van der Waals surface area contributed by atoms with Gasteiger partial charge in [0.25, 0.3) is 0 Å². The van der Waals surface area contributed by atoms with Gasteiger partial charge in [0.2, 0.25) is 0 Å². The lowest BCUT2D eigenvalue weighted by atomic mass is 9.91. The predicted octanol–water partition coefficient (Wildman–Crippen LogP) is 0.848. The van der Waals surface area contributed by atoms with Gasteiger partial charge in [-0.2, -0.15) is 0 Å². The smallest absolute Gasteiger partial charge is 0.0622 e. The largest absolute Gasteiger partial charge is 0.394 e. The van der Waals surface area contributed by atoms with Crippen LogP contribution in [0.5, 0.6) is 0 Å². The molecule has 1 fully saturated rings. The Morgan fingerprint density at radius 2 is 2.29 bits per heavy atom. The molecule has 2 atom stereocenters. The fourth-order valence-electron chi connectivity index (χ4n) is 2.47. The molecule has 1 aliphatic rings. The van der Waals surface area contributed by atoms with E-state index in [1.165, 1.54) is 0 Å². The van der Waals surface area contributed by atoms with Crippen molar-refractivity contribution in [2.24, 2.45) is 0 Å². The van der Waals surface area contributed by atoms with E-state index < -0.39 is 0 Å². The molecular formula is C13H28N2O2. The summed E-state index contributed by atoms with van der Waals surface area (Å²) in [4.78, 5) is 2.39. The van der Waals surface area contributed by atoms with E-state index in [0.29, 0.717) is 6.04 Å². The normalized spacial score (nSPS) is 24.2. The maximum absolute atomic E-state index is 9.46. The third-order valence-corrected chi connectivity index (χ3v) is 4.20. The molecule has 102 valence electrons. The van der Waals surface area contributed by atoms with Crippen LogP contribution in [0.4, 0.5) is 0 Å². The van der Waals surface area contributed by atoms with E-state index in [9.17, 15) is 5.11 Å². The van der Waals surface area contributed by atoms with E-state index >= 15 is 0 Å². The lowest BCUT2D eigenvalue weighted by Gasteiger charge is -2.32. The SMILES string of the molecule is CCC(CO)(CCCN(C)C1CCOC1)NC. The number of ether oxygens (including phenoxy) is 1. The van der Waals surface area contributed by atoms with Crippen LogP contribution < -0.4 is 5.32 Å². The standard InChI is InChI=1S/C13H28N2O2/c1-4-13(11-16,14-2)7-5-8-15(3)12-6-9-17-10-12/h12,14,16H,4-11H2,1-3H3. The van der Waals surface area contributed by atoms with Crippen molar-refractivity contribution in [2.45, 2.75) is 44.2 Å². The number of rotatable bonds is 8. The first-order chi connectivity index (χ1) is 8.17. The quantitative estimate of drug-likeness (QED) is 0.664. The first-order valence-corrected chi connectivity index (χ1v) is 6.75. The van der Waals surface area contributed by atoms with Crippen molar-refractivity contribution in [3.8, 4) is 0 Å². The fraction of sp³-hybridized carbons (Fsp3) is 1.00. The summed E-state index contributed by atoms with van der Waals surface area (Å²) in [6.07, 6.45) is 4.26. The highest BCUT2D eigenvalue weighted by Gasteiger charge is 2.25. The molecule has 1 rings (SSSR count). The highest BCUT2D eigenvalue weighted by Crippen LogP contribution is 2.18. The monoisotopic (exact) mass is 244 g/mol. The van der Waals surface area contributed by atoms with Gasteiger partial charge < -0.3 is 20.1 Å². The summed E-state index contributed by atoms with van der Waals surface area (Å²) in [5.41, 5.74) is -0.0903. The molecule has 1 aliphatic heterocycles. The number of likely N-dealkylation sites (N-methyl/N-ethyl adjacent to an activating group) is 2. The molecule has 0 aromatic rings. The molecule has 0 aromatic carbocycles. The second-order valence-corrected chi connectivity index (χ2v) is 5.14. The Hall–Kier alpha value is -0.160. The first kappa shape index (κ1) is 14.9. The Bertz CT molecular complexity index is 193. The summed E-state index contributed by atoms with van der Waals surface area (Å²) in [6.45, 7) is 5.21. The van der Waals surface area contributed by atoms with E-state index in [-0.39, 0.29) is 12.1 Å². The van der Waals surface area contributed by atoms with E-state index in [2.05, 4.69) is 24.2 Å². The van der Waals surface area contributed by atoms with Gasteiger partial charge in [-0.25, -0.2) is 0 Å². The van der Waals surface area contributed by atoms with Crippen molar-refractivity contribution in [1.29, 1.82) is 0 Å². The third kappa shape index (κ3) is 4.21. The van der Waals surface area contributed by atoms with Crippen molar-refractivity contribution in [2.75, 3.05) is 40.5 Å². The summed E-state index contributed by atoms with van der Waals surface area (Å²) in [5.74, 6) is 0. The van der Waals surface area contributed by atoms with Gasteiger partial charge in [-0.3, -0.25) is 0 Å². The Balaban J connectivity index is 2.25. The first-order valence-electron chi connectivity index (χ1n) is 6.75. The zero-order valence-corrected chi connectivity index (χ0v) is 11.5. The molecule has 0 radical (unpaired) electrons. The minimum absolute atomic E-state index is 0.0903. The molecule has 0 bridgehead atoms. The minimum atomic E-state index is -0.0903. The average molecular weight is 244 g/mol. The molecule has 0 aliphatic carbocycles. The molecule has 4 nitrogen and oxygen atoms in total. The summed E-state index contributed by atoms with van der Waals surface area (Å²) in [5, 5.41) is 12.7. The van der Waals surface area contributed by atoms with E-state index in [1.54, 1.807) is 0 Å². The van der Waals surface area contributed by atoms with Gasteiger partial charge in [0, 0.05) is 18.2 Å². The van der Waals surface area contributed by atoms with Crippen LogP contribution in [0, 0.1) is 0 Å². The second kappa shape index (κ2) is 7.31. The molecule has 2 N–H and O–H groups in total. The van der Waals surface area contributed by atoms with Gasteiger partial charge in [0.1, 0.15) is 0 Å². The number of hydrogen-bond acceptors (Lipinski definition) is 4. The maximum atomic E-state index is 9.46. The topological polar surface area (TPSA) is 44.7 Å². The number of nitrogens with one attached hydrogen (secondary N) is 1. The zero-order valence-electron chi connectivity index (χ0n) is 11.5. The van der Waals surface area contributed by atoms with Crippen molar-refractivity contribution in [3.63, 3.8) is 0 Å². The highest BCUT2D eigenvalue weighted by molar-refractivity contribution is 4.85. The number of nitrogens with zero attached hydrogens (tertiary/aromatic N) is 1. The van der Waals surface area contributed by atoms with Gasteiger partial charge >= 0.3 is 0 Å². The molecule has 0 spiro atoms. The van der Waals surface area contributed by atoms with E-state index in [4.69, 9.17) is 4.74 Å². The van der Waals surface area contributed by atoms with Crippen LogP contribution in [0.2, 0.25) is 0 Å². The fourth-order valence-corrected chi connectivity index (χ4v) is 2.47. The second-order valence-electron chi connectivity index (χ2n) is 5.14. The summed E-state index contributed by atoms with van der Waals surface area (Å²) >= 11 is 0. The highest BCUT2D eigenvalue weighted by atomic mass is 16.5. The van der Waals surface area contributed by atoms with Gasteiger partial charge in [-0.15, -0.1) is 0 Å². The molecule has 2 unspecified atom stereocenters. The molecule has 1 saturated heterocycles. The zero-order chi connectivity index (χ0) is 12.7. The number of aliphatic hydroxyl groups excluding tert-OH is 1. The van der Waals surface area contributed by atoms with Crippen LogP contribution >= 0.6 is 0 Å². The molecule has 0 saturated carbocycles. The summed E-state index contributed by atoms with van der Waals surface area (Å²) < 4.78 is 5.39. The van der Waals surface area contributed by atoms with Gasteiger partial charge in [0.15, 0.2) is 0 Å². The molecule has 0 amide bonds. The van der Waals surface area contributed by atoms with Gasteiger partial charge in [0.05, 0.1) is 13.2 Å². The van der Waals surface area contributed by atoms with E-state index in [0.717, 1.165) is 45.4 Å². The lowest BCUT2D eigenvalue weighted by Crippen LogP contribution is -2.46. The van der Waals surface area contributed by atoms with Crippen molar-refractivity contribution >= 4 is 0 Å². The third-order valence-electron chi connectivity index (χ3n) is 4.20.